The van der Waals surface area contributed by atoms with E-state index >= 15 is 0 Å². The number of carbonyl (C=O) groups is 1. The summed E-state index contributed by atoms with van der Waals surface area (Å²) in [6, 6.07) is 12.5. The molecule has 0 aliphatic carbocycles. The van der Waals surface area contributed by atoms with E-state index in [1.54, 1.807) is 19.1 Å². The summed E-state index contributed by atoms with van der Waals surface area (Å²) in [7, 11) is 0. The normalized spacial score (nSPS) is 13.7. The van der Waals surface area contributed by atoms with Crippen LogP contribution in [0.2, 0.25) is 0 Å². The summed E-state index contributed by atoms with van der Waals surface area (Å²) in [6.45, 7) is 5.16. The van der Waals surface area contributed by atoms with E-state index in [1.165, 1.54) is 0 Å². The summed E-state index contributed by atoms with van der Waals surface area (Å²) in [6.07, 6.45) is -1.82. The number of carbonyl (C=O) groups excluding carboxylic acids is 1. The molecule has 0 unspecified atom stereocenters. The number of alkyl halides is 2. The molecule has 35 heavy (non-hydrogen) atoms. The van der Waals surface area contributed by atoms with Crippen molar-refractivity contribution in [3.63, 3.8) is 0 Å². The minimum atomic E-state index is -2.97. The van der Waals surface area contributed by atoms with Gasteiger partial charge in [0.25, 0.3) is 6.43 Å². The van der Waals surface area contributed by atoms with Gasteiger partial charge in [0.15, 0.2) is 5.82 Å². The van der Waals surface area contributed by atoms with Crippen LogP contribution in [-0.2, 0) is 17.9 Å². The number of nitrogens with zero attached hydrogens (tertiary/aromatic N) is 5. The van der Waals surface area contributed by atoms with Gasteiger partial charge in [-0.25, -0.2) is 13.2 Å². The number of hydrogen-bond donors (Lipinski definition) is 1. The molecule has 4 rings (SSSR count). The first-order chi connectivity index (χ1) is 16.9. The van der Waals surface area contributed by atoms with Crippen molar-refractivity contribution < 1.29 is 22.7 Å². The lowest BCUT2D eigenvalue weighted by Crippen LogP contribution is -2.48. The first-order valence-electron chi connectivity index (χ1n) is 11.1. The Balaban J connectivity index is 1.24. The van der Waals surface area contributed by atoms with Crippen LogP contribution < -0.4 is 15.0 Å². The second-order valence-corrected chi connectivity index (χ2v) is 8.07. The number of halogens is 3. The smallest absolute Gasteiger partial charge is 0.283 e. The van der Waals surface area contributed by atoms with Gasteiger partial charge in [-0.2, -0.15) is 0 Å². The van der Waals surface area contributed by atoms with E-state index in [-0.39, 0.29) is 18.4 Å². The van der Waals surface area contributed by atoms with Crippen LogP contribution in [0.15, 0.2) is 48.7 Å². The first-order valence-corrected chi connectivity index (χ1v) is 11.1. The van der Waals surface area contributed by atoms with Crippen LogP contribution >= 0.6 is 0 Å². The highest BCUT2D eigenvalue weighted by Gasteiger charge is 2.18. The second kappa shape index (κ2) is 11.0. The highest BCUT2D eigenvalue weighted by atomic mass is 19.3. The highest BCUT2D eigenvalue weighted by Crippen LogP contribution is 2.21. The fourth-order valence-electron chi connectivity index (χ4n) is 3.67. The molecular formula is C24H25F3N6O2. The minimum Gasteiger partial charge on any atom is -0.472 e. The summed E-state index contributed by atoms with van der Waals surface area (Å²) in [4.78, 5) is 19.0. The predicted molar refractivity (Wildman–Crippen MR) is 124 cm³/mol. The number of nitrogens with one attached hydrogen (secondary N) is 1. The number of hydrogen-bond acceptors (Lipinski definition) is 7. The Hall–Kier alpha value is -3.89. The molecular weight excluding hydrogens is 461 g/mol. The number of amides is 1. The topological polar surface area (TPSA) is 83.5 Å². The number of ether oxygens (including phenoxy) is 1. The molecule has 1 saturated heterocycles. The van der Waals surface area contributed by atoms with E-state index < -0.39 is 17.9 Å². The molecule has 3 aromatic rings. The zero-order valence-corrected chi connectivity index (χ0v) is 19.1. The maximum atomic E-state index is 13.6. The van der Waals surface area contributed by atoms with Crippen molar-refractivity contribution >= 4 is 17.4 Å². The molecule has 3 heterocycles. The number of piperazine rings is 1. The van der Waals surface area contributed by atoms with E-state index in [4.69, 9.17) is 4.74 Å². The average Bonchev–Trinajstić information content (AvgIpc) is 2.87. The van der Waals surface area contributed by atoms with E-state index in [0.717, 1.165) is 49.7 Å². The lowest BCUT2D eigenvalue weighted by Gasteiger charge is -2.35. The van der Waals surface area contributed by atoms with E-state index in [9.17, 15) is 18.0 Å². The first kappa shape index (κ1) is 24.2. The van der Waals surface area contributed by atoms with Gasteiger partial charge in [0, 0.05) is 63.2 Å². The Morgan fingerprint density at radius 3 is 2.40 bits per heavy atom. The van der Waals surface area contributed by atoms with Crippen molar-refractivity contribution in [1.29, 1.82) is 0 Å². The Labute approximate surface area is 200 Å². The lowest BCUT2D eigenvalue weighted by atomic mass is 10.1. The van der Waals surface area contributed by atoms with Crippen molar-refractivity contribution in [2.24, 2.45) is 0 Å². The van der Waals surface area contributed by atoms with E-state index in [1.807, 2.05) is 17.0 Å². The molecule has 1 fully saturated rings. The molecule has 1 aromatic carbocycles. The summed E-state index contributed by atoms with van der Waals surface area (Å²) in [5.41, 5.74) is 1.61. The monoisotopic (exact) mass is 486 g/mol. The summed E-state index contributed by atoms with van der Waals surface area (Å²) in [5.74, 6) is -0.197. The predicted octanol–water partition coefficient (Wildman–Crippen LogP) is 3.81. The number of benzene rings is 1. The highest BCUT2D eigenvalue weighted by molar-refractivity contribution is 5.73. The van der Waals surface area contributed by atoms with Gasteiger partial charge in [0.1, 0.15) is 18.1 Å². The van der Waals surface area contributed by atoms with Gasteiger partial charge in [-0.3, -0.25) is 9.78 Å². The van der Waals surface area contributed by atoms with Crippen LogP contribution in [0, 0.1) is 5.82 Å². The van der Waals surface area contributed by atoms with Crippen molar-refractivity contribution in [3.8, 4) is 5.88 Å². The van der Waals surface area contributed by atoms with Crippen molar-refractivity contribution in [2.45, 2.75) is 26.5 Å². The third-order valence-corrected chi connectivity index (χ3v) is 5.66. The van der Waals surface area contributed by atoms with Gasteiger partial charge >= 0.3 is 0 Å². The Bertz CT molecular complexity index is 1140. The average molecular weight is 486 g/mol. The van der Waals surface area contributed by atoms with Gasteiger partial charge in [0.2, 0.25) is 11.8 Å². The summed E-state index contributed by atoms with van der Waals surface area (Å²) < 4.78 is 44.2. The number of anilines is 2. The molecule has 184 valence electrons. The maximum absolute atomic E-state index is 13.6. The largest absolute Gasteiger partial charge is 0.472 e. The minimum absolute atomic E-state index is 0.0783. The molecule has 0 radical (unpaired) electrons. The quantitative estimate of drug-likeness (QED) is 0.519. The number of pyridine rings is 1. The lowest BCUT2D eigenvalue weighted by molar-refractivity contribution is -0.129. The zero-order valence-electron chi connectivity index (χ0n) is 19.1. The van der Waals surface area contributed by atoms with Crippen LogP contribution in [0.3, 0.4) is 0 Å². The van der Waals surface area contributed by atoms with Gasteiger partial charge in [0.05, 0.1) is 0 Å². The Morgan fingerprint density at radius 2 is 1.80 bits per heavy atom. The molecule has 0 saturated carbocycles. The zero-order chi connectivity index (χ0) is 24.8. The molecule has 1 N–H and O–H groups in total. The van der Waals surface area contributed by atoms with Crippen LogP contribution in [0.1, 0.15) is 30.2 Å². The second-order valence-electron chi connectivity index (χ2n) is 8.07. The fraction of sp³-hybridized carbons (Fsp3) is 0.333. The molecule has 0 bridgehead atoms. The molecule has 1 aliphatic heterocycles. The molecule has 11 heteroatoms. The summed E-state index contributed by atoms with van der Waals surface area (Å²) in [5, 5.41) is 11.2. The third kappa shape index (κ3) is 6.37. The fourth-order valence-corrected chi connectivity index (χ4v) is 3.67. The van der Waals surface area contributed by atoms with Crippen LogP contribution in [0.25, 0.3) is 0 Å². The molecule has 1 amide bonds. The Kier molecular flexibility index (Phi) is 7.64. The van der Waals surface area contributed by atoms with Crippen molar-refractivity contribution in [2.75, 3.05) is 36.4 Å². The van der Waals surface area contributed by atoms with E-state index in [2.05, 4.69) is 37.5 Å². The van der Waals surface area contributed by atoms with Crippen molar-refractivity contribution in [1.82, 2.24) is 20.1 Å². The van der Waals surface area contributed by atoms with Crippen molar-refractivity contribution in [3.05, 3.63) is 71.3 Å². The maximum Gasteiger partial charge on any atom is 0.283 e. The van der Waals surface area contributed by atoms with Gasteiger partial charge in [-0.05, 0) is 29.8 Å². The standard InChI is InChI=1S/C24H25F3N6O2/c1-16(34)32-8-10-33(11-9-32)19-4-2-17(3-5-19)13-28-21-6-7-22(31-30-21)35-15-18-12-20(25)23(24(26)27)29-14-18/h2-7,12,14,24H,8-11,13,15H2,1H3,(H,28,30). The van der Waals surface area contributed by atoms with Crippen LogP contribution in [-0.4, -0.2) is 52.2 Å². The molecule has 0 atom stereocenters. The molecule has 0 spiro atoms. The summed E-state index contributed by atoms with van der Waals surface area (Å²) >= 11 is 0. The van der Waals surface area contributed by atoms with Gasteiger partial charge in [-0.15, -0.1) is 10.2 Å². The number of rotatable bonds is 8. The van der Waals surface area contributed by atoms with Crippen LogP contribution in [0.4, 0.5) is 24.7 Å². The third-order valence-electron chi connectivity index (χ3n) is 5.66. The molecule has 8 nitrogen and oxygen atoms in total. The molecule has 2 aromatic heterocycles. The Morgan fingerprint density at radius 1 is 1.06 bits per heavy atom. The van der Waals surface area contributed by atoms with Gasteiger partial charge < -0.3 is 19.9 Å². The SMILES string of the molecule is CC(=O)N1CCN(c2ccc(CNc3ccc(OCc4cnc(C(F)F)c(F)c4)nn3)cc2)CC1. The molecule has 1 aliphatic rings. The van der Waals surface area contributed by atoms with Crippen LogP contribution in [0.5, 0.6) is 5.88 Å². The number of aromatic nitrogens is 3. The van der Waals surface area contributed by atoms with Gasteiger partial charge in [-0.1, -0.05) is 12.1 Å². The van der Waals surface area contributed by atoms with E-state index in [0.29, 0.717) is 17.9 Å².